The van der Waals surface area contributed by atoms with Crippen LogP contribution in [0.15, 0.2) is 24.3 Å². The van der Waals surface area contributed by atoms with Crippen molar-refractivity contribution in [3.05, 3.63) is 30.0 Å². The molecule has 0 unspecified atom stereocenters. The molecule has 1 fully saturated rings. The minimum absolute atomic E-state index is 0.0584. The highest BCUT2D eigenvalue weighted by molar-refractivity contribution is 5.81. The predicted molar refractivity (Wildman–Crippen MR) is 75.9 cm³/mol. The first-order valence-corrected chi connectivity index (χ1v) is 7.08. The van der Waals surface area contributed by atoms with Crippen LogP contribution in [0, 0.1) is 0 Å². The summed E-state index contributed by atoms with van der Waals surface area (Å²) in [5.74, 6) is 0. The number of para-hydroxylation sites is 1. The lowest BCUT2D eigenvalue weighted by Crippen LogP contribution is -2.53. The van der Waals surface area contributed by atoms with E-state index in [9.17, 15) is 5.11 Å². The third-order valence-corrected chi connectivity index (χ3v) is 4.28. The minimum Gasteiger partial charge on any atom is -0.394 e. The Morgan fingerprint density at radius 2 is 2.16 bits per heavy atom. The van der Waals surface area contributed by atoms with E-state index in [0.717, 1.165) is 31.6 Å². The number of aryl methyl sites for hydroxylation is 1. The summed E-state index contributed by atoms with van der Waals surface area (Å²) in [6.07, 6.45) is 3.34. The van der Waals surface area contributed by atoms with Gasteiger partial charge >= 0.3 is 0 Å². The molecule has 0 saturated heterocycles. The molecule has 102 valence electrons. The second-order valence-electron chi connectivity index (χ2n) is 5.43. The van der Waals surface area contributed by atoms with Crippen molar-refractivity contribution in [3.8, 4) is 0 Å². The van der Waals surface area contributed by atoms with Crippen molar-refractivity contribution in [2.45, 2.75) is 44.8 Å². The minimum atomic E-state index is -0.0584. The fourth-order valence-electron chi connectivity index (χ4n) is 2.83. The summed E-state index contributed by atoms with van der Waals surface area (Å²) in [6, 6.07) is 8.34. The molecule has 1 aromatic carbocycles. The molecule has 2 N–H and O–H groups in total. The Hall–Kier alpha value is -1.39. The number of fused-ring (bicyclic) bond motifs is 1. The maximum absolute atomic E-state index is 9.49. The highest BCUT2D eigenvalue weighted by Gasteiger charge is 2.35. The van der Waals surface area contributed by atoms with Gasteiger partial charge < -0.3 is 10.4 Å². The van der Waals surface area contributed by atoms with Crippen LogP contribution < -0.4 is 5.32 Å². The summed E-state index contributed by atoms with van der Waals surface area (Å²) in [6.45, 7) is 3.94. The molecule has 0 radical (unpaired) electrons. The quantitative estimate of drug-likeness (QED) is 0.864. The molecule has 1 aromatic heterocycles. The van der Waals surface area contributed by atoms with Crippen LogP contribution in [0.4, 0.5) is 0 Å². The van der Waals surface area contributed by atoms with Gasteiger partial charge in [0.25, 0.3) is 0 Å². The van der Waals surface area contributed by atoms with Gasteiger partial charge in [-0.2, -0.15) is 5.10 Å². The smallest absolute Gasteiger partial charge is 0.0841 e. The highest BCUT2D eigenvalue weighted by atomic mass is 16.3. The molecular weight excluding hydrogens is 238 g/mol. The van der Waals surface area contributed by atoms with E-state index in [1.807, 2.05) is 4.68 Å². The number of aliphatic hydroxyl groups is 1. The molecule has 2 aromatic rings. The van der Waals surface area contributed by atoms with Gasteiger partial charge in [-0.25, -0.2) is 0 Å². The maximum atomic E-state index is 9.49. The van der Waals surface area contributed by atoms with Gasteiger partial charge in [0.1, 0.15) is 0 Å². The van der Waals surface area contributed by atoms with E-state index in [4.69, 9.17) is 0 Å². The van der Waals surface area contributed by atoms with E-state index in [0.29, 0.717) is 0 Å². The van der Waals surface area contributed by atoms with Gasteiger partial charge in [0.05, 0.1) is 17.8 Å². The van der Waals surface area contributed by atoms with Gasteiger partial charge in [-0.15, -0.1) is 0 Å². The number of aromatic nitrogens is 2. The standard InChI is InChI=1S/C15H21N3O/c1-2-18-14-7-4-3-6-12(14)13(17-18)10-16-15(11-19)8-5-9-15/h3-4,6-7,16,19H,2,5,8-11H2,1H3. The van der Waals surface area contributed by atoms with E-state index in [1.54, 1.807) is 0 Å². The molecule has 1 saturated carbocycles. The van der Waals surface area contributed by atoms with Crippen molar-refractivity contribution < 1.29 is 5.11 Å². The van der Waals surface area contributed by atoms with E-state index < -0.39 is 0 Å². The molecule has 0 aliphatic heterocycles. The van der Waals surface area contributed by atoms with Gasteiger partial charge in [0.2, 0.25) is 0 Å². The zero-order valence-electron chi connectivity index (χ0n) is 11.4. The molecule has 1 aliphatic rings. The maximum Gasteiger partial charge on any atom is 0.0841 e. The van der Waals surface area contributed by atoms with Crippen LogP contribution in [-0.4, -0.2) is 27.0 Å². The number of benzene rings is 1. The summed E-state index contributed by atoms with van der Waals surface area (Å²) in [5.41, 5.74) is 2.21. The summed E-state index contributed by atoms with van der Waals surface area (Å²) in [7, 11) is 0. The van der Waals surface area contributed by atoms with Crippen LogP contribution in [0.1, 0.15) is 31.9 Å². The third kappa shape index (κ3) is 2.15. The van der Waals surface area contributed by atoms with Crippen molar-refractivity contribution in [2.24, 2.45) is 0 Å². The number of hydrogen-bond acceptors (Lipinski definition) is 3. The first kappa shape index (κ1) is 12.6. The van der Waals surface area contributed by atoms with Gasteiger partial charge in [-0.05, 0) is 32.3 Å². The molecule has 0 amide bonds. The van der Waals surface area contributed by atoms with Crippen LogP contribution in [0.3, 0.4) is 0 Å². The van der Waals surface area contributed by atoms with E-state index in [2.05, 4.69) is 41.6 Å². The molecule has 19 heavy (non-hydrogen) atoms. The normalized spacial score (nSPS) is 17.6. The zero-order valence-corrected chi connectivity index (χ0v) is 11.4. The number of aliphatic hydroxyl groups excluding tert-OH is 1. The fraction of sp³-hybridized carbons (Fsp3) is 0.533. The second-order valence-corrected chi connectivity index (χ2v) is 5.43. The van der Waals surface area contributed by atoms with E-state index >= 15 is 0 Å². The Kier molecular flexibility index (Phi) is 3.29. The molecule has 3 rings (SSSR count). The number of hydrogen-bond donors (Lipinski definition) is 2. The van der Waals surface area contributed by atoms with Crippen molar-refractivity contribution in [3.63, 3.8) is 0 Å². The Morgan fingerprint density at radius 3 is 2.79 bits per heavy atom. The lowest BCUT2D eigenvalue weighted by atomic mass is 9.77. The van der Waals surface area contributed by atoms with Gasteiger partial charge in [-0.3, -0.25) is 4.68 Å². The lowest BCUT2D eigenvalue weighted by molar-refractivity contribution is 0.0869. The van der Waals surface area contributed by atoms with Gasteiger partial charge in [0, 0.05) is 24.0 Å². The summed E-state index contributed by atoms with van der Waals surface area (Å²) in [4.78, 5) is 0. The summed E-state index contributed by atoms with van der Waals surface area (Å²) >= 11 is 0. The summed E-state index contributed by atoms with van der Waals surface area (Å²) in [5, 5.41) is 18.9. The average molecular weight is 259 g/mol. The largest absolute Gasteiger partial charge is 0.394 e. The fourth-order valence-corrected chi connectivity index (χ4v) is 2.83. The lowest BCUT2D eigenvalue weighted by Gasteiger charge is -2.41. The SMILES string of the molecule is CCn1nc(CNC2(CO)CCC2)c2ccccc21. The second kappa shape index (κ2) is 4.94. The predicted octanol–water partition coefficient (Wildman–Crippen LogP) is 2.06. The Labute approximate surface area is 113 Å². The molecular formula is C15H21N3O. The summed E-state index contributed by atoms with van der Waals surface area (Å²) < 4.78 is 2.04. The van der Waals surface area contributed by atoms with Crippen molar-refractivity contribution in [1.29, 1.82) is 0 Å². The number of nitrogens with zero attached hydrogens (tertiary/aromatic N) is 2. The van der Waals surface area contributed by atoms with Gasteiger partial charge in [-0.1, -0.05) is 18.2 Å². The molecule has 4 heteroatoms. The third-order valence-electron chi connectivity index (χ3n) is 4.28. The molecule has 0 atom stereocenters. The Balaban J connectivity index is 1.84. The first-order valence-electron chi connectivity index (χ1n) is 7.08. The molecule has 0 bridgehead atoms. The highest BCUT2D eigenvalue weighted by Crippen LogP contribution is 2.31. The van der Waals surface area contributed by atoms with Crippen molar-refractivity contribution in [1.82, 2.24) is 15.1 Å². The topological polar surface area (TPSA) is 50.1 Å². The van der Waals surface area contributed by atoms with Crippen LogP contribution in [0.5, 0.6) is 0 Å². The average Bonchev–Trinajstić information content (AvgIpc) is 2.77. The molecule has 0 spiro atoms. The van der Waals surface area contributed by atoms with Crippen LogP contribution >= 0.6 is 0 Å². The van der Waals surface area contributed by atoms with Gasteiger partial charge in [0.15, 0.2) is 0 Å². The number of nitrogens with one attached hydrogen (secondary N) is 1. The van der Waals surface area contributed by atoms with Crippen LogP contribution in [-0.2, 0) is 13.1 Å². The molecule has 4 nitrogen and oxygen atoms in total. The first-order chi connectivity index (χ1) is 9.28. The molecule has 1 aliphatic carbocycles. The Morgan fingerprint density at radius 1 is 1.37 bits per heavy atom. The monoisotopic (exact) mass is 259 g/mol. The van der Waals surface area contributed by atoms with Crippen LogP contribution in [0.25, 0.3) is 10.9 Å². The van der Waals surface area contributed by atoms with Crippen LogP contribution in [0.2, 0.25) is 0 Å². The van der Waals surface area contributed by atoms with Crippen molar-refractivity contribution >= 4 is 10.9 Å². The number of rotatable bonds is 5. The van der Waals surface area contributed by atoms with E-state index in [1.165, 1.54) is 17.3 Å². The Bertz CT molecular complexity index is 566. The van der Waals surface area contributed by atoms with Crippen molar-refractivity contribution in [2.75, 3.05) is 6.61 Å². The molecule has 1 heterocycles. The zero-order chi connectivity index (χ0) is 13.3. The van der Waals surface area contributed by atoms with E-state index in [-0.39, 0.29) is 12.1 Å².